The molecule has 0 spiro atoms. The minimum Gasteiger partial charge on any atom is -0.482 e. The fourth-order valence-electron chi connectivity index (χ4n) is 4.65. The quantitative estimate of drug-likeness (QED) is 0.616. The molecule has 178 valence electrons. The van der Waals surface area contributed by atoms with Crippen LogP contribution in [0.4, 0.5) is 5.69 Å². The van der Waals surface area contributed by atoms with Crippen LogP contribution >= 0.6 is 0 Å². The van der Waals surface area contributed by atoms with E-state index in [9.17, 15) is 13.2 Å². The van der Waals surface area contributed by atoms with Crippen molar-refractivity contribution in [1.82, 2.24) is 19.8 Å². The van der Waals surface area contributed by atoms with Crippen molar-refractivity contribution in [2.75, 3.05) is 31.1 Å². The number of aromatic nitrogens is 2. The van der Waals surface area contributed by atoms with Crippen LogP contribution in [0.25, 0.3) is 0 Å². The highest BCUT2D eigenvalue weighted by molar-refractivity contribution is 7.89. The maximum absolute atomic E-state index is 13.0. The summed E-state index contributed by atoms with van der Waals surface area (Å²) in [5.74, 6) is 1.45. The number of likely N-dealkylation sites (tertiary alicyclic amines) is 1. The maximum Gasteiger partial charge on any atom is 0.265 e. The smallest absolute Gasteiger partial charge is 0.265 e. The molecule has 1 aromatic carbocycles. The summed E-state index contributed by atoms with van der Waals surface area (Å²) < 4.78 is 39.7. The minimum atomic E-state index is -3.75. The number of benzene rings is 1. The van der Waals surface area contributed by atoms with Gasteiger partial charge in [0.15, 0.2) is 12.4 Å². The van der Waals surface area contributed by atoms with Crippen molar-refractivity contribution in [3.63, 3.8) is 0 Å². The van der Waals surface area contributed by atoms with Crippen LogP contribution in [0.1, 0.15) is 56.7 Å². The normalized spacial score (nSPS) is 21.7. The van der Waals surface area contributed by atoms with Gasteiger partial charge in [0.05, 0.1) is 17.1 Å². The van der Waals surface area contributed by atoms with Gasteiger partial charge in [0, 0.05) is 18.5 Å². The summed E-state index contributed by atoms with van der Waals surface area (Å²) in [5, 5.41) is 4.02. The van der Waals surface area contributed by atoms with Crippen molar-refractivity contribution in [2.45, 2.75) is 62.4 Å². The van der Waals surface area contributed by atoms with E-state index in [-0.39, 0.29) is 30.0 Å². The zero-order valence-corrected chi connectivity index (χ0v) is 19.5. The molecule has 1 aromatic heterocycles. The number of carbonyl (C=O) groups excluding carboxylic acids is 1. The first-order valence-corrected chi connectivity index (χ1v) is 13.1. The molecule has 0 unspecified atom stereocenters. The third-order valence-electron chi connectivity index (χ3n) is 6.84. The fourth-order valence-corrected chi connectivity index (χ4v) is 5.74. The summed E-state index contributed by atoms with van der Waals surface area (Å²) in [5.41, 5.74) is 0.389. The molecule has 2 aromatic rings. The summed E-state index contributed by atoms with van der Waals surface area (Å²) >= 11 is 0. The summed E-state index contributed by atoms with van der Waals surface area (Å²) in [6, 6.07) is 4.78. The number of likely N-dealkylation sites (N-methyl/N-ethyl adjacent to an activating group) is 1. The van der Waals surface area contributed by atoms with E-state index in [0.717, 1.165) is 45.2 Å². The Hall–Kier alpha value is -2.50. The molecule has 1 amide bonds. The Morgan fingerprint density at radius 2 is 2.06 bits per heavy atom. The molecular weight excluding hydrogens is 446 g/mol. The Balaban J connectivity index is 1.34. The Bertz CT molecular complexity index is 1130. The first kappa shape index (κ1) is 22.3. The molecule has 1 saturated heterocycles. The first-order chi connectivity index (χ1) is 15.9. The molecule has 2 aliphatic heterocycles. The van der Waals surface area contributed by atoms with E-state index in [1.165, 1.54) is 17.0 Å². The Morgan fingerprint density at radius 1 is 1.21 bits per heavy atom. The number of nitrogens with one attached hydrogen (secondary N) is 1. The molecule has 2 fully saturated rings. The highest BCUT2D eigenvalue weighted by Gasteiger charge is 2.31. The van der Waals surface area contributed by atoms with E-state index in [4.69, 9.17) is 9.26 Å². The Kier molecular flexibility index (Phi) is 6.11. The number of nitrogens with zero attached hydrogens (tertiary/aromatic N) is 4. The van der Waals surface area contributed by atoms with E-state index >= 15 is 0 Å². The Labute approximate surface area is 193 Å². The molecule has 1 saturated carbocycles. The highest BCUT2D eigenvalue weighted by atomic mass is 32.2. The lowest BCUT2D eigenvalue weighted by molar-refractivity contribution is -0.121. The van der Waals surface area contributed by atoms with Crippen LogP contribution in [0.2, 0.25) is 0 Å². The average molecular weight is 476 g/mol. The molecule has 1 aliphatic carbocycles. The minimum absolute atomic E-state index is 0.0915. The van der Waals surface area contributed by atoms with Crippen LogP contribution in [-0.4, -0.2) is 61.6 Å². The topological polar surface area (TPSA) is 118 Å². The second-order valence-corrected chi connectivity index (χ2v) is 10.6. The molecule has 0 bridgehead atoms. The molecule has 11 heteroatoms. The number of ether oxygens (including phenoxy) is 1. The molecule has 1 atom stereocenters. The summed E-state index contributed by atoms with van der Waals surface area (Å²) in [6.07, 6.45) is 5.27. The molecule has 3 heterocycles. The third kappa shape index (κ3) is 4.49. The molecule has 10 nitrogen and oxygen atoms in total. The number of hydrogen-bond donors (Lipinski definition) is 1. The van der Waals surface area contributed by atoms with Crippen LogP contribution in [0, 0.1) is 0 Å². The zero-order valence-electron chi connectivity index (χ0n) is 18.7. The van der Waals surface area contributed by atoms with Crippen molar-refractivity contribution in [1.29, 1.82) is 0 Å². The molecule has 0 radical (unpaired) electrons. The summed E-state index contributed by atoms with van der Waals surface area (Å²) in [6.45, 7) is 4.31. The fraction of sp³-hybridized carbons (Fsp3) is 0.591. The number of hydrogen-bond acceptors (Lipinski definition) is 8. The second-order valence-electron chi connectivity index (χ2n) is 8.85. The van der Waals surface area contributed by atoms with E-state index in [0.29, 0.717) is 35.6 Å². The largest absolute Gasteiger partial charge is 0.482 e. The second kappa shape index (κ2) is 9.03. The number of fused-ring (bicyclic) bond motifs is 1. The molecular formula is C22H29N5O5S. The lowest BCUT2D eigenvalue weighted by atomic mass is 9.85. The number of rotatable bonds is 8. The van der Waals surface area contributed by atoms with Gasteiger partial charge in [-0.05, 0) is 57.0 Å². The van der Waals surface area contributed by atoms with E-state index in [1.54, 1.807) is 6.07 Å². The van der Waals surface area contributed by atoms with Gasteiger partial charge in [-0.25, -0.2) is 13.1 Å². The van der Waals surface area contributed by atoms with Gasteiger partial charge in [0.1, 0.15) is 5.75 Å². The van der Waals surface area contributed by atoms with Gasteiger partial charge in [-0.1, -0.05) is 18.5 Å². The maximum atomic E-state index is 13.0. The van der Waals surface area contributed by atoms with Crippen molar-refractivity contribution in [3.05, 3.63) is 29.9 Å². The number of anilines is 1. The van der Waals surface area contributed by atoms with Crippen LogP contribution < -0.4 is 14.4 Å². The van der Waals surface area contributed by atoms with Crippen molar-refractivity contribution in [3.8, 4) is 5.75 Å². The number of amides is 1. The monoisotopic (exact) mass is 475 g/mol. The van der Waals surface area contributed by atoms with Crippen molar-refractivity contribution >= 4 is 21.6 Å². The SMILES string of the molecule is CCN1CCC[C@@H]1CNS(=O)(=O)c1ccc2c(c1)N(Cc1noc(C3CCC3)n1)C(=O)CO2. The molecule has 3 aliphatic rings. The predicted octanol–water partition coefficient (Wildman–Crippen LogP) is 2.03. The standard InChI is InChI=1S/C22H29N5O5S/c1-2-26-10-4-7-16(26)12-23-33(29,30)17-8-9-19-18(11-17)27(21(28)14-31-19)13-20-24-22(32-25-20)15-5-3-6-15/h8-9,11,15-16,23H,2-7,10,12-14H2,1H3/t16-/m1/s1. The van der Waals surface area contributed by atoms with Gasteiger partial charge in [-0.2, -0.15) is 4.98 Å². The van der Waals surface area contributed by atoms with Crippen LogP contribution in [-0.2, 0) is 21.4 Å². The van der Waals surface area contributed by atoms with Gasteiger partial charge < -0.3 is 9.26 Å². The summed E-state index contributed by atoms with van der Waals surface area (Å²) in [7, 11) is -3.75. The summed E-state index contributed by atoms with van der Waals surface area (Å²) in [4.78, 5) is 20.9. The van der Waals surface area contributed by atoms with E-state index in [1.807, 2.05) is 0 Å². The van der Waals surface area contributed by atoms with Gasteiger partial charge in [0.2, 0.25) is 15.9 Å². The van der Waals surface area contributed by atoms with E-state index < -0.39 is 10.0 Å². The average Bonchev–Trinajstić information content (AvgIpc) is 3.42. The zero-order chi connectivity index (χ0) is 23.0. The first-order valence-electron chi connectivity index (χ1n) is 11.6. The van der Waals surface area contributed by atoms with Gasteiger partial charge in [-0.15, -0.1) is 0 Å². The predicted molar refractivity (Wildman–Crippen MR) is 119 cm³/mol. The van der Waals surface area contributed by atoms with Crippen molar-refractivity contribution in [2.24, 2.45) is 0 Å². The van der Waals surface area contributed by atoms with Crippen LogP contribution in [0.5, 0.6) is 5.75 Å². The highest BCUT2D eigenvalue weighted by Crippen LogP contribution is 2.37. The lowest BCUT2D eigenvalue weighted by Gasteiger charge is -2.29. The third-order valence-corrected chi connectivity index (χ3v) is 8.26. The molecule has 1 N–H and O–H groups in total. The molecule has 5 rings (SSSR count). The Morgan fingerprint density at radius 3 is 2.82 bits per heavy atom. The van der Waals surface area contributed by atoms with Crippen LogP contribution in [0.3, 0.4) is 0 Å². The van der Waals surface area contributed by atoms with Gasteiger partial charge in [0.25, 0.3) is 5.91 Å². The van der Waals surface area contributed by atoms with E-state index in [2.05, 4.69) is 26.7 Å². The lowest BCUT2D eigenvalue weighted by Crippen LogP contribution is -2.40. The number of sulfonamides is 1. The molecule has 33 heavy (non-hydrogen) atoms. The van der Waals surface area contributed by atoms with Crippen LogP contribution in [0.15, 0.2) is 27.6 Å². The van der Waals surface area contributed by atoms with Gasteiger partial charge >= 0.3 is 0 Å². The number of carbonyl (C=O) groups is 1. The van der Waals surface area contributed by atoms with Crippen molar-refractivity contribution < 1.29 is 22.5 Å². The van der Waals surface area contributed by atoms with Gasteiger partial charge in [-0.3, -0.25) is 14.6 Å².